The van der Waals surface area contributed by atoms with Crippen LogP contribution >= 0.6 is 11.3 Å². The number of rotatable bonds is 10. The van der Waals surface area contributed by atoms with Crippen molar-refractivity contribution in [3.8, 4) is 17.2 Å². The van der Waals surface area contributed by atoms with Gasteiger partial charge in [0, 0.05) is 23.9 Å². The van der Waals surface area contributed by atoms with Crippen molar-refractivity contribution in [1.29, 1.82) is 0 Å². The summed E-state index contributed by atoms with van der Waals surface area (Å²) in [5.41, 5.74) is 2.05. The lowest BCUT2D eigenvalue weighted by Crippen LogP contribution is -2.22. The Morgan fingerprint density at radius 1 is 0.861 bits per heavy atom. The average molecular weight is 505 g/mol. The fourth-order valence-electron chi connectivity index (χ4n) is 3.22. The number of nitrogens with one attached hydrogen (secondary N) is 2. The van der Waals surface area contributed by atoms with Gasteiger partial charge in [0.25, 0.3) is 11.8 Å². The van der Waals surface area contributed by atoms with Gasteiger partial charge in [0.2, 0.25) is 5.01 Å². The predicted octanol–water partition coefficient (Wildman–Crippen LogP) is 4.32. The summed E-state index contributed by atoms with van der Waals surface area (Å²) in [7, 11) is 3.11. The minimum Gasteiger partial charge on any atom is -0.493 e. The molecule has 184 valence electrons. The van der Waals surface area contributed by atoms with Gasteiger partial charge in [-0.2, -0.15) is 0 Å². The Kier molecular flexibility index (Phi) is 8.09. The molecule has 9 nitrogen and oxygen atoms in total. The van der Waals surface area contributed by atoms with Crippen LogP contribution in [0.3, 0.4) is 0 Å². The molecule has 0 spiro atoms. The molecular formula is C26H24N4O5S. The number of benzene rings is 3. The lowest BCUT2D eigenvalue weighted by atomic mass is 10.1. The van der Waals surface area contributed by atoms with Gasteiger partial charge in [-0.25, -0.2) is 0 Å². The van der Waals surface area contributed by atoms with Gasteiger partial charge in [-0.15, -0.1) is 10.2 Å². The molecule has 2 N–H and O–H groups in total. The van der Waals surface area contributed by atoms with Gasteiger partial charge < -0.3 is 24.8 Å². The number of aromatic nitrogens is 2. The van der Waals surface area contributed by atoms with Gasteiger partial charge in [0.1, 0.15) is 12.4 Å². The lowest BCUT2D eigenvalue weighted by molar-refractivity contribution is 0.0950. The van der Waals surface area contributed by atoms with Gasteiger partial charge >= 0.3 is 0 Å². The molecule has 1 aromatic heterocycles. The normalized spacial score (nSPS) is 10.4. The van der Waals surface area contributed by atoms with E-state index in [1.54, 1.807) is 56.7 Å². The number of methoxy groups -OCH3 is 2. The highest BCUT2D eigenvalue weighted by atomic mass is 32.1. The summed E-state index contributed by atoms with van der Waals surface area (Å²) in [5.74, 6) is 1.13. The van der Waals surface area contributed by atoms with Crippen molar-refractivity contribution in [1.82, 2.24) is 15.5 Å². The molecule has 10 heteroatoms. The highest BCUT2D eigenvalue weighted by molar-refractivity contribution is 7.13. The first kappa shape index (κ1) is 24.7. The molecule has 0 saturated carbocycles. The second-order valence-corrected chi connectivity index (χ2v) is 8.57. The fraction of sp³-hybridized carbons (Fsp3) is 0.154. The first-order valence-corrected chi connectivity index (χ1v) is 11.8. The zero-order valence-electron chi connectivity index (χ0n) is 19.7. The van der Waals surface area contributed by atoms with Crippen LogP contribution in [0, 0.1) is 0 Å². The number of ether oxygens (including phenoxy) is 3. The van der Waals surface area contributed by atoms with E-state index in [0.717, 1.165) is 16.9 Å². The second kappa shape index (κ2) is 11.8. The number of nitrogens with zero attached hydrogens (tertiary/aromatic N) is 2. The van der Waals surface area contributed by atoms with Crippen LogP contribution in [0.15, 0.2) is 72.8 Å². The van der Waals surface area contributed by atoms with Crippen molar-refractivity contribution in [3.63, 3.8) is 0 Å². The number of amides is 2. The molecule has 0 saturated heterocycles. The Labute approximate surface area is 212 Å². The Morgan fingerprint density at radius 2 is 1.61 bits per heavy atom. The number of hydrogen-bond acceptors (Lipinski definition) is 8. The second-order valence-electron chi connectivity index (χ2n) is 7.51. The van der Waals surface area contributed by atoms with Crippen molar-refractivity contribution in [2.45, 2.75) is 13.2 Å². The van der Waals surface area contributed by atoms with Crippen LogP contribution < -0.4 is 24.8 Å². The summed E-state index contributed by atoms with van der Waals surface area (Å²) in [6.45, 7) is 0.584. The van der Waals surface area contributed by atoms with Gasteiger partial charge in [-0.3, -0.25) is 9.59 Å². The van der Waals surface area contributed by atoms with E-state index in [-0.39, 0.29) is 17.5 Å². The Hall–Kier alpha value is -4.44. The molecule has 36 heavy (non-hydrogen) atoms. The Balaban J connectivity index is 1.29. The Bertz CT molecular complexity index is 1330. The average Bonchev–Trinajstić information content (AvgIpc) is 3.41. The van der Waals surface area contributed by atoms with E-state index in [9.17, 15) is 9.59 Å². The van der Waals surface area contributed by atoms with Gasteiger partial charge in [-0.05, 0) is 42.0 Å². The maximum atomic E-state index is 12.6. The minimum atomic E-state index is -0.397. The zero-order valence-corrected chi connectivity index (χ0v) is 20.5. The minimum absolute atomic E-state index is 0.146. The third-order valence-corrected chi connectivity index (χ3v) is 5.97. The smallest absolute Gasteiger partial charge is 0.286 e. The molecule has 4 rings (SSSR count). The van der Waals surface area contributed by atoms with Crippen molar-refractivity contribution >= 4 is 28.8 Å². The van der Waals surface area contributed by atoms with Gasteiger partial charge in [-0.1, -0.05) is 41.7 Å². The van der Waals surface area contributed by atoms with Crippen LogP contribution in [0.25, 0.3) is 0 Å². The Morgan fingerprint density at radius 3 is 2.33 bits per heavy atom. The summed E-state index contributed by atoms with van der Waals surface area (Å²) in [5, 5.41) is 14.4. The summed E-state index contributed by atoms with van der Waals surface area (Å²) in [4.78, 5) is 24.9. The fourth-order valence-corrected chi connectivity index (χ4v) is 3.87. The molecule has 0 unspecified atom stereocenters. The molecule has 0 bridgehead atoms. The van der Waals surface area contributed by atoms with Crippen LogP contribution in [-0.2, 0) is 13.2 Å². The molecule has 0 aliphatic rings. The molecule has 2 amide bonds. The summed E-state index contributed by atoms with van der Waals surface area (Å²) >= 11 is 1.13. The van der Waals surface area contributed by atoms with Crippen LogP contribution in [-0.4, -0.2) is 36.2 Å². The van der Waals surface area contributed by atoms with E-state index < -0.39 is 5.91 Å². The molecule has 0 radical (unpaired) electrons. The van der Waals surface area contributed by atoms with Crippen molar-refractivity contribution in [2.24, 2.45) is 0 Å². The standard InChI is InChI=1S/C26H24N4O5S/c1-33-21-13-12-20(14-22(21)34-2)35-16-23-29-30-26(36-23)25(32)28-19-10-8-18(9-11-19)24(31)27-15-17-6-4-3-5-7-17/h3-14H,15-16H2,1-2H3,(H,27,31)(H,28,32). The molecule has 0 aliphatic carbocycles. The van der Waals surface area contributed by atoms with E-state index in [1.165, 1.54) is 0 Å². The summed E-state index contributed by atoms with van der Waals surface area (Å²) < 4.78 is 16.2. The number of hydrogen-bond donors (Lipinski definition) is 2. The third-order valence-electron chi connectivity index (χ3n) is 5.08. The lowest BCUT2D eigenvalue weighted by Gasteiger charge is -2.09. The van der Waals surface area contributed by atoms with Crippen molar-refractivity contribution < 1.29 is 23.8 Å². The van der Waals surface area contributed by atoms with E-state index in [0.29, 0.717) is 40.1 Å². The molecule has 0 atom stereocenters. The largest absolute Gasteiger partial charge is 0.493 e. The van der Waals surface area contributed by atoms with Gasteiger partial charge in [0.15, 0.2) is 16.5 Å². The van der Waals surface area contributed by atoms with E-state index in [1.807, 2.05) is 30.3 Å². The third kappa shape index (κ3) is 6.36. The van der Waals surface area contributed by atoms with Crippen molar-refractivity contribution in [3.05, 3.63) is 93.9 Å². The maximum absolute atomic E-state index is 12.6. The first-order chi connectivity index (χ1) is 17.6. The van der Waals surface area contributed by atoms with E-state index >= 15 is 0 Å². The van der Waals surface area contributed by atoms with E-state index in [2.05, 4.69) is 20.8 Å². The number of carbonyl (C=O) groups is 2. The molecular weight excluding hydrogens is 480 g/mol. The molecule has 4 aromatic rings. The number of carbonyl (C=O) groups excluding carboxylic acids is 2. The molecule has 0 aliphatic heterocycles. The predicted molar refractivity (Wildman–Crippen MR) is 136 cm³/mol. The van der Waals surface area contributed by atoms with E-state index in [4.69, 9.17) is 14.2 Å². The van der Waals surface area contributed by atoms with Crippen LogP contribution in [0.2, 0.25) is 0 Å². The quantitative estimate of drug-likeness (QED) is 0.331. The van der Waals surface area contributed by atoms with Gasteiger partial charge in [0.05, 0.1) is 14.2 Å². The SMILES string of the molecule is COc1ccc(OCc2nnc(C(=O)Nc3ccc(C(=O)NCc4ccccc4)cc3)s2)cc1OC. The number of anilines is 1. The summed E-state index contributed by atoms with van der Waals surface area (Å²) in [6, 6.07) is 21.5. The molecule has 3 aromatic carbocycles. The highest BCUT2D eigenvalue weighted by Gasteiger charge is 2.15. The topological polar surface area (TPSA) is 112 Å². The summed E-state index contributed by atoms with van der Waals surface area (Å²) in [6.07, 6.45) is 0. The zero-order chi connectivity index (χ0) is 25.3. The molecule has 0 fully saturated rings. The van der Waals surface area contributed by atoms with Crippen LogP contribution in [0.4, 0.5) is 5.69 Å². The monoisotopic (exact) mass is 504 g/mol. The van der Waals surface area contributed by atoms with Crippen molar-refractivity contribution in [2.75, 3.05) is 19.5 Å². The van der Waals surface area contributed by atoms with Crippen LogP contribution in [0.5, 0.6) is 17.2 Å². The molecule has 1 heterocycles. The highest BCUT2D eigenvalue weighted by Crippen LogP contribution is 2.31. The first-order valence-electron chi connectivity index (χ1n) is 11.0. The maximum Gasteiger partial charge on any atom is 0.286 e. The van der Waals surface area contributed by atoms with Crippen LogP contribution in [0.1, 0.15) is 30.7 Å².